The molecule has 0 radical (unpaired) electrons. The van der Waals surface area contributed by atoms with Crippen LogP contribution in [-0.4, -0.2) is 88.5 Å². The van der Waals surface area contributed by atoms with Crippen LogP contribution < -0.4 is 21.3 Å². The molecule has 0 bridgehead atoms. The molecule has 12 aromatic rings. The molecule has 118 heavy (non-hydrogen) atoms. The van der Waals surface area contributed by atoms with E-state index in [1.54, 1.807) is 47.9 Å². The fraction of sp³-hybridized carbons (Fsp3) is 0.238. The second-order valence-corrected chi connectivity index (χ2v) is 28.8. The van der Waals surface area contributed by atoms with Gasteiger partial charge in [-0.15, -0.1) is 0 Å². The molecular weight excluding hydrogens is 1570 g/mol. The van der Waals surface area contributed by atoms with E-state index in [1.165, 1.54) is 98.2 Å². The van der Waals surface area contributed by atoms with E-state index in [1.807, 2.05) is 13.8 Å². The lowest BCUT2D eigenvalue weighted by molar-refractivity contribution is 0.181. The maximum Gasteiger partial charge on any atom is 0.322 e. The van der Waals surface area contributed by atoms with Crippen molar-refractivity contribution in [2.75, 3.05) is 21.3 Å². The number of carbonyl (C=O) groups excluding carboxylic acids is 4. The molecule has 612 valence electrons. The highest BCUT2D eigenvalue weighted by Gasteiger charge is 2.38. The smallest absolute Gasteiger partial charge is 0.322 e. The fourth-order valence-electron chi connectivity index (χ4n) is 14.0. The van der Waals surface area contributed by atoms with Crippen molar-refractivity contribution in [3.05, 3.63) is 282 Å². The third-order valence-electron chi connectivity index (χ3n) is 20.3. The molecule has 8 amide bonds. The Labute approximate surface area is 663 Å². The Kier molecular flexibility index (Phi) is 24.0. The molecule has 34 heteroatoms. The zero-order chi connectivity index (χ0) is 84.6. The van der Waals surface area contributed by atoms with Crippen LogP contribution in [0.5, 0.6) is 0 Å². The molecule has 8 aromatic carbocycles. The summed E-state index contributed by atoms with van der Waals surface area (Å²) >= 11 is 0. The summed E-state index contributed by atoms with van der Waals surface area (Å²) in [5.41, 5.74) is 7.23. The van der Waals surface area contributed by atoms with Crippen LogP contribution in [-0.2, 0) is 51.9 Å². The summed E-state index contributed by atoms with van der Waals surface area (Å²) in [5, 5.41) is 26.5. The Bertz CT molecular complexity index is 5610. The van der Waals surface area contributed by atoms with E-state index in [9.17, 15) is 80.6 Å². The number of fused-ring (bicyclic) bond motifs is 4. The standard InChI is InChI=1S/2C21H17F4N3O2.2C21H18F3N3O2/c2*1-10-5-13(8-17(24)19(10)25)26-21(29)28-9-15-18(6-11(28)2)27-30-20(15)14-4-3-12(22)7-16(14)23;1-11-7-15(9-17(23)19(11)24)25-21(28)27-10-16-18(8-12(27)2)26-29-20(16)13-3-5-14(22)6-4-13;1-11-6-15(9-17(23)19(11)24)25-21(28)27-10-16-18(7-12(27)2)26-29-20(16)13-4-3-5-14(22)8-13/h2*3-5,7-8,11H,6,9H2,1-2H3,(H,26,29);3-7,9,12H,8,10H2,1-2H3,(H,25,28);3-6,8-9,12H,7,10H2,1-2H3,(H,25,28)/t2*11-;2*12-/m1000/s1. The van der Waals surface area contributed by atoms with E-state index in [0.717, 1.165) is 59.8 Å². The maximum absolute atomic E-state index is 14.2. The minimum atomic E-state index is -1.06. The van der Waals surface area contributed by atoms with Gasteiger partial charge in [-0.2, -0.15) is 0 Å². The zero-order valence-corrected chi connectivity index (χ0v) is 63.8. The van der Waals surface area contributed by atoms with E-state index in [0.29, 0.717) is 82.1 Å². The molecule has 4 atom stereocenters. The molecule has 0 aliphatic carbocycles. The van der Waals surface area contributed by atoms with Crippen LogP contribution in [0.2, 0.25) is 0 Å². The van der Waals surface area contributed by atoms with Crippen molar-refractivity contribution < 1.29 is 98.7 Å². The first-order valence-electron chi connectivity index (χ1n) is 36.6. The second-order valence-electron chi connectivity index (χ2n) is 28.8. The number of carbonyl (C=O) groups is 4. The second kappa shape index (κ2) is 34.3. The summed E-state index contributed by atoms with van der Waals surface area (Å²) in [4.78, 5) is 57.3. The molecule has 4 N–H and O–H groups in total. The average Bonchev–Trinajstić information content (AvgIpc) is 1.62. The number of amides is 8. The van der Waals surface area contributed by atoms with Crippen molar-refractivity contribution in [2.24, 2.45) is 0 Å². The predicted octanol–water partition coefficient (Wildman–Crippen LogP) is 20.5. The van der Waals surface area contributed by atoms with Crippen LogP contribution in [0.1, 0.15) is 95.0 Å². The lowest BCUT2D eigenvalue weighted by Gasteiger charge is -2.32. The number of anilines is 4. The summed E-state index contributed by atoms with van der Waals surface area (Å²) < 4.78 is 212. The molecule has 0 saturated carbocycles. The quantitative estimate of drug-likeness (QED) is 0.104. The van der Waals surface area contributed by atoms with Gasteiger partial charge in [-0.25, -0.2) is 80.6 Å². The van der Waals surface area contributed by atoms with Gasteiger partial charge in [0.1, 0.15) is 34.9 Å². The highest BCUT2D eigenvalue weighted by molar-refractivity contribution is 5.92. The average molecular weight is 1640 g/mol. The van der Waals surface area contributed by atoms with Crippen LogP contribution in [0.3, 0.4) is 0 Å². The number of urea groups is 4. The van der Waals surface area contributed by atoms with Gasteiger partial charge in [0, 0.05) is 142 Å². The van der Waals surface area contributed by atoms with E-state index >= 15 is 0 Å². The van der Waals surface area contributed by atoms with E-state index in [2.05, 4.69) is 41.9 Å². The molecule has 0 unspecified atom stereocenters. The SMILES string of the molecule is Cc1cc(NC(=O)N2Cc3c(noc3-c3ccc(F)cc3)C[C@@H]2C)cc(F)c1F.Cc1cc(NC(=O)N2Cc3c(noc3-c3ccc(F)cc3F)C[C@@H]2C)cc(F)c1F.Cc1cc(NC(=O)N2Cc3c(noc3-c3ccc(F)cc3F)C[C@H]2C)cc(F)c1F.Cc1cc(NC(=O)N2Cc3c(noc3-c3cccc(F)c3)C[C@@H]2C)cc(F)c1F. The molecule has 16 rings (SSSR count). The highest BCUT2D eigenvalue weighted by Crippen LogP contribution is 2.40. The summed E-state index contributed by atoms with van der Waals surface area (Å²) in [6.07, 6.45) is 1.64. The molecule has 8 heterocycles. The van der Waals surface area contributed by atoms with E-state index < -0.39 is 99.7 Å². The van der Waals surface area contributed by atoms with Crippen LogP contribution in [0.15, 0.2) is 152 Å². The van der Waals surface area contributed by atoms with Crippen molar-refractivity contribution >= 4 is 46.9 Å². The Balaban J connectivity index is 0.000000136. The fourth-order valence-corrected chi connectivity index (χ4v) is 14.0. The van der Waals surface area contributed by atoms with E-state index in [4.69, 9.17) is 18.1 Å². The third kappa shape index (κ3) is 17.7. The van der Waals surface area contributed by atoms with Crippen LogP contribution in [0.4, 0.5) is 103 Å². The topological polar surface area (TPSA) is 233 Å². The molecule has 4 aromatic heterocycles. The molecule has 4 aliphatic rings. The molecule has 0 saturated heterocycles. The molecule has 4 aliphatic heterocycles. The highest BCUT2D eigenvalue weighted by atomic mass is 19.2. The van der Waals surface area contributed by atoms with Crippen LogP contribution in [0, 0.1) is 109 Å². The summed E-state index contributed by atoms with van der Waals surface area (Å²) in [6.45, 7) is 13.5. The van der Waals surface area contributed by atoms with Crippen LogP contribution in [0.25, 0.3) is 45.3 Å². The Morgan fingerprint density at radius 1 is 0.314 bits per heavy atom. The van der Waals surface area contributed by atoms with Gasteiger partial charge in [-0.3, -0.25) is 0 Å². The van der Waals surface area contributed by atoms with E-state index in [-0.39, 0.29) is 124 Å². The van der Waals surface area contributed by atoms with Crippen molar-refractivity contribution in [2.45, 2.75) is 131 Å². The Hall–Kier alpha value is -13.3. The predicted molar refractivity (Wildman–Crippen MR) is 403 cm³/mol. The lowest BCUT2D eigenvalue weighted by atomic mass is 9.97. The Morgan fingerprint density at radius 3 is 0.873 bits per heavy atom. The number of rotatable bonds is 8. The molecular formula is C84H70F14N12O8. The summed E-state index contributed by atoms with van der Waals surface area (Å²) in [7, 11) is 0. The number of halogens is 14. The zero-order valence-electron chi connectivity index (χ0n) is 63.8. The molecule has 20 nitrogen and oxygen atoms in total. The van der Waals surface area contributed by atoms with Gasteiger partial charge in [-0.1, -0.05) is 32.8 Å². The summed E-state index contributed by atoms with van der Waals surface area (Å²) in [6, 6.07) is 24.1. The third-order valence-corrected chi connectivity index (χ3v) is 20.3. The van der Waals surface area contributed by atoms with Crippen molar-refractivity contribution in [3.63, 3.8) is 0 Å². The van der Waals surface area contributed by atoms with Gasteiger partial charge < -0.3 is 59.0 Å². The number of nitrogens with one attached hydrogen (secondary N) is 4. The minimum absolute atomic E-state index is 0.0382. The number of hydrogen-bond acceptors (Lipinski definition) is 12. The number of aryl methyl sites for hydroxylation is 4. The largest absolute Gasteiger partial charge is 0.356 e. The first-order valence-corrected chi connectivity index (χ1v) is 36.6. The first-order chi connectivity index (χ1) is 56.1. The van der Waals surface area contributed by atoms with Gasteiger partial charge in [0.25, 0.3) is 0 Å². The number of nitrogens with zero attached hydrogens (tertiary/aromatic N) is 8. The van der Waals surface area contributed by atoms with Gasteiger partial charge in [-0.05, 0) is 163 Å². The minimum Gasteiger partial charge on any atom is -0.356 e. The van der Waals surface area contributed by atoms with Crippen molar-refractivity contribution in [1.82, 2.24) is 40.2 Å². The number of hydrogen-bond donors (Lipinski definition) is 4. The van der Waals surface area contributed by atoms with Gasteiger partial charge in [0.05, 0.1) is 60.1 Å². The lowest BCUT2D eigenvalue weighted by Crippen LogP contribution is -2.44. The number of benzene rings is 8. The number of aromatic nitrogens is 4. The van der Waals surface area contributed by atoms with Gasteiger partial charge in [0.2, 0.25) is 0 Å². The van der Waals surface area contributed by atoms with Crippen molar-refractivity contribution in [1.29, 1.82) is 0 Å². The first kappa shape index (κ1) is 82.7. The maximum atomic E-state index is 14.2. The van der Waals surface area contributed by atoms with Gasteiger partial charge in [0.15, 0.2) is 69.6 Å². The molecule has 0 spiro atoms. The van der Waals surface area contributed by atoms with Crippen molar-refractivity contribution in [3.8, 4) is 45.3 Å². The normalized spacial score (nSPS) is 15.8. The van der Waals surface area contributed by atoms with Crippen LogP contribution >= 0.6 is 0 Å². The Morgan fingerprint density at radius 2 is 0.585 bits per heavy atom. The monoisotopic (exact) mass is 1640 g/mol. The van der Waals surface area contributed by atoms with Gasteiger partial charge >= 0.3 is 24.1 Å². The molecule has 0 fully saturated rings. The summed E-state index contributed by atoms with van der Waals surface area (Å²) in [5.74, 6) is -10.7.